The number of nitrogens with one attached hydrogen (secondary N) is 2. The Labute approximate surface area is 145 Å². The number of anilines is 1. The molecule has 0 aromatic carbocycles. The number of amides is 1. The molecule has 0 bridgehead atoms. The summed E-state index contributed by atoms with van der Waals surface area (Å²) in [6.45, 7) is 10.9. The molecule has 1 heterocycles. The maximum atomic E-state index is 12.1. The Kier molecular flexibility index (Phi) is 7.06. The van der Waals surface area contributed by atoms with Gasteiger partial charge in [-0.15, -0.1) is 0 Å². The van der Waals surface area contributed by atoms with Crippen LogP contribution in [-0.2, 0) is 4.79 Å². The van der Waals surface area contributed by atoms with Gasteiger partial charge in [-0.05, 0) is 38.9 Å². The molecular formula is C15H24BrClN4O. The first kappa shape index (κ1) is 19.2. The van der Waals surface area contributed by atoms with Gasteiger partial charge < -0.3 is 10.6 Å². The molecule has 124 valence electrons. The van der Waals surface area contributed by atoms with E-state index in [0.717, 1.165) is 4.47 Å². The first-order chi connectivity index (χ1) is 10.1. The largest absolute Gasteiger partial charge is 0.367 e. The Morgan fingerprint density at radius 2 is 2.05 bits per heavy atom. The SMILES string of the molecule is CC(C)[C@@H](CNc1nc(Cl)ncc1Br)NC(=O)CC(C)(C)C. The third kappa shape index (κ3) is 6.92. The van der Waals surface area contributed by atoms with Crippen molar-refractivity contribution in [2.24, 2.45) is 11.3 Å². The lowest BCUT2D eigenvalue weighted by atomic mass is 9.91. The molecular weight excluding hydrogens is 368 g/mol. The van der Waals surface area contributed by atoms with Crippen LogP contribution in [0, 0.1) is 11.3 Å². The van der Waals surface area contributed by atoms with Crippen molar-refractivity contribution in [3.05, 3.63) is 16.0 Å². The lowest BCUT2D eigenvalue weighted by molar-refractivity contribution is -0.123. The molecule has 0 aliphatic carbocycles. The highest BCUT2D eigenvalue weighted by Crippen LogP contribution is 2.21. The van der Waals surface area contributed by atoms with Gasteiger partial charge in [-0.2, -0.15) is 4.98 Å². The number of hydrogen-bond donors (Lipinski definition) is 2. The van der Waals surface area contributed by atoms with Gasteiger partial charge in [-0.25, -0.2) is 4.98 Å². The lowest BCUT2D eigenvalue weighted by Crippen LogP contribution is -2.44. The van der Waals surface area contributed by atoms with Crippen LogP contribution in [0.3, 0.4) is 0 Å². The zero-order valence-corrected chi connectivity index (χ0v) is 16.0. The number of nitrogens with zero attached hydrogens (tertiary/aromatic N) is 2. The second kappa shape index (κ2) is 8.11. The van der Waals surface area contributed by atoms with Crippen LogP contribution in [0.2, 0.25) is 5.28 Å². The van der Waals surface area contributed by atoms with Crippen molar-refractivity contribution >= 4 is 39.3 Å². The summed E-state index contributed by atoms with van der Waals surface area (Å²) in [5, 5.41) is 6.47. The molecule has 1 amide bonds. The predicted octanol–water partition coefficient (Wildman–Crippen LogP) is 3.88. The Morgan fingerprint density at radius 3 is 2.59 bits per heavy atom. The molecule has 0 saturated heterocycles. The van der Waals surface area contributed by atoms with Crippen molar-refractivity contribution in [2.45, 2.75) is 47.1 Å². The van der Waals surface area contributed by atoms with E-state index in [9.17, 15) is 4.79 Å². The monoisotopic (exact) mass is 390 g/mol. The van der Waals surface area contributed by atoms with Gasteiger partial charge in [0.1, 0.15) is 5.82 Å². The summed E-state index contributed by atoms with van der Waals surface area (Å²) in [5.41, 5.74) is -0.0255. The van der Waals surface area contributed by atoms with E-state index in [1.165, 1.54) is 0 Å². The number of halogens is 2. The summed E-state index contributed by atoms with van der Waals surface area (Å²) in [6, 6.07) is 0.00971. The van der Waals surface area contributed by atoms with Gasteiger partial charge in [0, 0.05) is 25.2 Å². The van der Waals surface area contributed by atoms with E-state index in [4.69, 9.17) is 11.6 Å². The summed E-state index contributed by atoms with van der Waals surface area (Å²) in [4.78, 5) is 20.1. The maximum absolute atomic E-state index is 12.1. The quantitative estimate of drug-likeness (QED) is 0.722. The first-order valence-corrected chi connectivity index (χ1v) is 8.47. The van der Waals surface area contributed by atoms with Gasteiger partial charge in [0.2, 0.25) is 11.2 Å². The van der Waals surface area contributed by atoms with Crippen molar-refractivity contribution in [3.8, 4) is 0 Å². The van der Waals surface area contributed by atoms with E-state index in [-0.39, 0.29) is 22.6 Å². The summed E-state index contributed by atoms with van der Waals surface area (Å²) in [6.07, 6.45) is 2.10. The minimum Gasteiger partial charge on any atom is -0.367 e. The van der Waals surface area contributed by atoms with Crippen molar-refractivity contribution in [3.63, 3.8) is 0 Å². The molecule has 0 unspecified atom stereocenters. The van der Waals surface area contributed by atoms with Gasteiger partial charge in [0.05, 0.1) is 4.47 Å². The fraction of sp³-hybridized carbons (Fsp3) is 0.667. The van der Waals surface area contributed by atoms with E-state index < -0.39 is 0 Å². The van der Waals surface area contributed by atoms with Gasteiger partial charge >= 0.3 is 0 Å². The summed E-state index contributed by atoms with van der Waals surface area (Å²) in [5.74, 6) is 0.982. The van der Waals surface area contributed by atoms with Crippen LogP contribution in [0.25, 0.3) is 0 Å². The molecule has 0 saturated carbocycles. The highest BCUT2D eigenvalue weighted by molar-refractivity contribution is 9.10. The Bertz CT molecular complexity index is 517. The Balaban J connectivity index is 2.65. The van der Waals surface area contributed by atoms with Gasteiger partial charge in [-0.1, -0.05) is 34.6 Å². The second-order valence-electron chi connectivity index (χ2n) is 6.87. The summed E-state index contributed by atoms with van der Waals surface area (Å²) >= 11 is 9.17. The Hall–Kier alpha value is -0.880. The highest BCUT2D eigenvalue weighted by Gasteiger charge is 2.21. The van der Waals surface area contributed by atoms with E-state index in [0.29, 0.717) is 24.7 Å². The topological polar surface area (TPSA) is 66.9 Å². The molecule has 1 atom stereocenters. The minimum absolute atomic E-state index is 0.00971. The zero-order valence-electron chi connectivity index (χ0n) is 13.7. The van der Waals surface area contributed by atoms with Crippen LogP contribution in [-0.4, -0.2) is 28.5 Å². The first-order valence-electron chi connectivity index (χ1n) is 7.30. The van der Waals surface area contributed by atoms with Crippen molar-refractivity contribution in [2.75, 3.05) is 11.9 Å². The van der Waals surface area contributed by atoms with Gasteiger partial charge in [0.15, 0.2) is 0 Å². The van der Waals surface area contributed by atoms with E-state index in [2.05, 4.69) is 71.2 Å². The average Bonchev–Trinajstić information content (AvgIpc) is 2.35. The van der Waals surface area contributed by atoms with Crippen LogP contribution in [0.5, 0.6) is 0 Å². The van der Waals surface area contributed by atoms with Crippen molar-refractivity contribution in [1.29, 1.82) is 0 Å². The molecule has 2 N–H and O–H groups in total. The highest BCUT2D eigenvalue weighted by atomic mass is 79.9. The maximum Gasteiger partial charge on any atom is 0.224 e. The number of rotatable bonds is 6. The third-order valence-corrected chi connectivity index (χ3v) is 3.81. The standard InChI is InChI=1S/C15H24BrClN4O/c1-9(2)11(20-12(22)6-15(3,4)5)8-18-13-10(16)7-19-14(17)21-13/h7,9,11H,6,8H2,1-5H3,(H,20,22)(H,18,19,21)/t11-/m1/s1. The van der Waals surface area contributed by atoms with E-state index >= 15 is 0 Å². The van der Waals surface area contributed by atoms with E-state index in [1.807, 2.05) is 0 Å². The second-order valence-corrected chi connectivity index (χ2v) is 8.06. The van der Waals surface area contributed by atoms with E-state index in [1.54, 1.807) is 6.20 Å². The van der Waals surface area contributed by atoms with Crippen LogP contribution in [0.15, 0.2) is 10.7 Å². The molecule has 5 nitrogen and oxygen atoms in total. The fourth-order valence-corrected chi connectivity index (χ4v) is 2.33. The molecule has 1 rings (SSSR count). The molecule has 7 heteroatoms. The number of aromatic nitrogens is 2. The molecule has 0 aliphatic heterocycles. The number of carbonyl (C=O) groups is 1. The van der Waals surface area contributed by atoms with Gasteiger partial charge in [-0.3, -0.25) is 4.79 Å². The molecule has 22 heavy (non-hydrogen) atoms. The van der Waals surface area contributed by atoms with Crippen LogP contribution in [0.4, 0.5) is 5.82 Å². The molecule has 0 radical (unpaired) electrons. The van der Waals surface area contributed by atoms with Crippen molar-refractivity contribution in [1.82, 2.24) is 15.3 Å². The number of hydrogen-bond acceptors (Lipinski definition) is 4. The van der Waals surface area contributed by atoms with Crippen LogP contribution >= 0.6 is 27.5 Å². The molecule has 1 aromatic heterocycles. The summed E-state index contributed by atoms with van der Waals surface area (Å²) in [7, 11) is 0. The predicted molar refractivity (Wildman–Crippen MR) is 94.1 cm³/mol. The third-order valence-electron chi connectivity index (χ3n) is 3.05. The summed E-state index contributed by atoms with van der Waals surface area (Å²) < 4.78 is 0.737. The Morgan fingerprint density at radius 1 is 1.41 bits per heavy atom. The van der Waals surface area contributed by atoms with Crippen LogP contribution in [0.1, 0.15) is 41.0 Å². The minimum atomic E-state index is -0.0255. The zero-order chi connectivity index (χ0) is 16.9. The average molecular weight is 392 g/mol. The van der Waals surface area contributed by atoms with Gasteiger partial charge in [0.25, 0.3) is 0 Å². The molecule has 0 fully saturated rings. The molecule has 0 spiro atoms. The molecule has 0 aliphatic rings. The number of carbonyl (C=O) groups excluding carboxylic acids is 1. The lowest BCUT2D eigenvalue weighted by Gasteiger charge is -2.25. The normalized spacial score (nSPS) is 13.1. The van der Waals surface area contributed by atoms with Crippen LogP contribution < -0.4 is 10.6 Å². The smallest absolute Gasteiger partial charge is 0.224 e. The van der Waals surface area contributed by atoms with Crippen molar-refractivity contribution < 1.29 is 4.79 Å². The molecule has 1 aromatic rings. The fourth-order valence-electron chi connectivity index (χ4n) is 1.87.